The van der Waals surface area contributed by atoms with Crippen LogP contribution in [0, 0.1) is 12.8 Å². The number of para-hydroxylation sites is 1. The fourth-order valence-electron chi connectivity index (χ4n) is 2.71. The largest absolute Gasteiger partial charge is 0.371 e. The quantitative estimate of drug-likeness (QED) is 0.820. The molecular formula is C14H22N2. The van der Waals surface area contributed by atoms with Crippen LogP contribution in [0.15, 0.2) is 24.3 Å². The van der Waals surface area contributed by atoms with Crippen molar-refractivity contribution in [1.29, 1.82) is 0 Å². The fraction of sp³-hybridized carbons (Fsp3) is 0.571. The second-order valence-corrected chi connectivity index (χ2v) is 4.93. The van der Waals surface area contributed by atoms with Crippen molar-refractivity contribution in [2.75, 3.05) is 25.0 Å². The van der Waals surface area contributed by atoms with Crippen LogP contribution in [0.25, 0.3) is 0 Å². The first-order chi connectivity index (χ1) is 7.70. The van der Waals surface area contributed by atoms with Crippen LogP contribution >= 0.6 is 0 Å². The monoisotopic (exact) mass is 218 g/mol. The van der Waals surface area contributed by atoms with Crippen molar-refractivity contribution >= 4 is 5.69 Å². The number of benzene rings is 1. The Kier molecular flexibility index (Phi) is 3.49. The third kappa shape index (κ3) is 2.22. The lowest BCUT2D eigenvalue weighted by molar-refractivity contribution is 0.339. The maximum absolute atomic E-state index is 3.46. The predicted octanol–water partition coefficient (Wildman–Crippen LogP) is 2.43. The maximum Gasteiger partial charge on any atom is 0.0395 e. The lowest BCUT2D eigenvalue weighted by Gasteiger charge is -2.38. The molecule has 1 aromatic rings. The van der Waals surface area contributed by atoms with E-state index >= 15 is 0 Å². The van der Waals surface area contributed by atoms with E-state index in [1.807, 2.05) is 0 Å². The summed E-state index contributed by atoms with van der Waals surface area (Å²) in [6, 6.07) is 9.33. The van der Waals surface area contributed by atoms with Crippen LogP contribution in [0.1, 0.15) is 18.9 Å². The molecule has 0 bridgehead atoms. The van der Waals surface area contributed by atoms with Gasteiger partial charge in [-0.1, -0.05) is 25.1 Å². The second-order valence-electron chi connectivity index (χ2n) is 4.93. The first kappa shape index (κ1) is 11.5. The molecule has 1 fully saturated rings. The number of aryl methyl sites for hydroxylation is 1. The van der Waals surface area contributed by atoms with E-state index in [0.717, 1.165) is 19.0 Å². The molecule has 0 saturated carbocycles. The zero-order valence-corrected chi connectivity index (χ0v) is 10.5. The molecule has 1 N–H and O–H groups in total. The lowest BCUT2D eigenvalue weighted by Crippen LogP contribution is -2.47. The molecule has 1 aromatic carbocycles. The van der Waals surface area contributed by atoms with Crippen LogP contribution in [0.3, 0.4) is 0 Å². The summed E-state index contributed by atoms with van der Waals surface area (Å²) < 4.78 is 0. The summed E-state index contributed by atoms with van der Waals surface area (Å²) in [6.45, 7) is 6.81. The summed E-state index contributed by atoms with van der Waals surface area (Å²) in [4.78, 5) is 2.46. The summed E-state index contributed by atoms with van der Waals surface area (Å²) in [5, 5.41) is 3.46. The van der Waals surface area contributed by atoms with E-state index in [9.17, 15) is 0 Å². The minimum atomic E-state index is 0.669. The van der Waals surface area contributed by atoms with Crippen LogP contribution in [-0.2, 0) is 0 Å². The van der Waals surface area contributed by atoms with Crippen molar-refractivity contribution in [3.05, 3.63) is 29.8 Å². The van der Waals surface area contributed by atoms with Gasteiger partial charge in [-0.15, -0.1) is 0 Å². The summed E-state index contributed by atoms with van der Waals surface area (Å²) in [5.41, 5.74) is 2.75. The Morgan fingerprint density at radius 2 is 2.06 bits per heavy atom. The Bertz CT molecular complexity index is 348. The molecule has 0 aliphatic carbocycles. The zero-order valence-electron chi connectivity index (χ0n) is 10.5. The van der Waals surface area contributed by atoms with Gasteiger partial charge in [0.2, 0.25) is 0 Å². The summed E-state index contributed by atoms with van der Waals surface area (Å²) in [7, 11) is 2.23. The molecular weight excluding hydrogens is 196 g/mol. The normalized spacial score (nSPS) is 25.4. The topological polar surface area (TPSA) is 15.3 Å². The van der Waals surface area contributed by atoms with E-state index in [-0.39, 0.29) is 0 Å². The molecule has 2 rings (SSSR count). The van der Waals surface area contributed by atoms with Gasteiger partial charge in [-0.2, -0.15) is 0 Å². The Morgan fingerprint density at radius 1 is 1.31 bits per heavy atom. The molecule has 0 aromatic heterocycles. The molecule has 0 amide bonds. The number of hydrogen-bond acceptors (Lipinski definition) is 2. The Hall–Kier alpha value is -1.02. The fourth-order valence-corrected chi connectivity index (χ4v) is 2.71. The molecule has 16 heavy (non-hydrogen) atoms. The van der Waals surface area contributed by atoms with Gasteiger partial charge in [0.25, 0.3) is 0 Å². The van der Waals surface area contributed by atoms with Gasteiger partial charge in [-0.3, -0.25) is 0 Å². The third-order valence-electron chi connectivity index (χ3n) is 3.73. The zero-order chi connectivity index (χ0) is 11.5. The standard InChI is InChI=1S/C14H22N2/c1-11-6-4-5-7-13(11)16(3)14-8-9-15-10-12(14)2/h4-7,12,14-15H,8-10H2,1-3H3. The average Bonchev–Trinajstić information content (AvgIpc) is 2.29. The van der Waals surface area contributed by atoms with Gasteiger partial charge < -0.3 is 10.2 Å². The molecule has 1 heterocycles. The van der Waals surface area contributed by atoms with Crippen molar-refractivity contribution in [3.63, 3.8) is 0 Å². The highest BCUT2D eigenvalue weighted by Crippen LogP contribution is 2.25. The highest BCUT2D eigenvalue weighted by atomic mass is 15.2. The van der Waals surface area contributed by atoms with E-state index in [1.165, 1.54) is 17.7 Å². The van der Waals surface area contributed by atoms with Gasteiger partial charge in [-0.25, -0.2) is 0 Å². The van der Waals surface area contributed by atoms with E-state index in [0.29, 0.717) is 6.04 Å². The number of piperidine rings is 1. The molecule has 2 nitrogen and oxygen atoms in total. The van der Waals surface area contributed by atoms with Gasteiger partial charge in [0, 0.05) is 18.8 Å². The minimum absolute atomic E-state index is 0.669. The van der Waals surface area contributed by atoms with Crippen LogP contribution in [0.2, 0.25) is 0 Å². The van der Waals surface area contributed by atoms with Gasteiger partial charge in [0.15, 0.2) is 0 Å². The average molecular weight is 218 g/mol. The Balaban J connectivity index is 2.17. The number of nitrogens with one attached hydrogen (secondary N) is 1. The van der Waals surface area contributed by atoms with Crippen LogP contribution in [0.5, 0.6) is 0 Å². The summed E-state index contributed by atoms with van der Waals surface area (Å²) in [5.74, 6) is 0.721. The number of anilines is 1. The molecule has 2 atom stereocenters. The molecule has 2 unspecified atom stereocenters. The van der Waals surface area contributed by atoms with E-state index in [1.54, 1.807) is 0 Å². The van der Waals surface area contributed by atoms with Crippen LogP contribution in [0.4, 0.5) is 5.69 Å². The molecule has 0 radical (unpaired) electrons. The molecule has 1 saturated heterocycles. The van der Waals surface area contributed by atoms with E-state index in [2.05, 4.69) is 55.4 Å². The number of rotatable bonds is 2. The molecule has 0 spiro atoms. The molecule has 2 heteroatoms. The van der Waals surface area contributed by atoms with Gasteiger partial charge >= 0.3 is 0 Å². The molecule has 1 aliphatic heterocycles. The van der Waals surface area contributed by atoms with Gasteiger partial charge in [-0.05, 0) is 44.0 Å². The number of hydrogen-bond donors (Lipinski definition) is 1. The van der Waals surface area contributed by atoms with Crippen molar-refractivity contribution in [2.45, 2.75) is 26.3 Å². The highest BCUT2D eigenvalue weighted by molar-refractivity contribution is 5.53. The molecule has 1 aliphatic rings. The highest BCUT2D eigenvalue weighted by Gasteiger charge is 2.25. The second kappa shape index (κ2) is 4.88. The number of nitrogens with zero attached hydrogens (tertiary/aromatic N) is 1. The maximum atomic E-state index is 3.46. The SMILES string of the molecule is Cc1ccccc1N(C)C1CCNCC1C. The van der Waals surface area contributed by atoms with Crippen molar-refractivity contribution < 1.29 is 0 Å². The van der Waals surface area contributed by atoms with Crippen LogP contribution in [-0.4, -0.2) is 26.2 Å². The minimum Gasteiger partial charge on any atom is -0.371 e. The Morgan fingerprint density at radius 3 is 2.75 bits per heavy atom. The predicted molar refractivity (Wildman–Crippen MR) is 70.0 cm³/mol. The first-order valence-corrected chi connectivity index (χ1v) is 6.19. The van der Waals surface area contributed by atoms with Crippen LogP contribution < -0.4 is 10.2 Å². The van der Waals surface area contributed by atoms with Gasteiger partial charge in [0.1, 0.15) is 0 Å². The smallest absolute Gasteiger partial charge is 0.0395 e. The van der Waals surface area contributed by atoms with Crippen molar-refractivity contribution in [3.8, 4) is 0 Å². The van der Waals surface area contributed by atoms with E-state index in [4.69, 9.17) is 0 Å². The summed E-state index contributed by atoms with van der Waals surface area (Å²) >= 11 is 0. The summed E-state index contributed by atoms with van der Waals surface area (Å²) in [6.07, 6.45) is 1.24. The first-order valence-electron chi connectivity index (χ1n) is 6.19. The third-order valence-corrected chi connectivity index (χ3v) is 3.73. The van der Waals surface area contributed by atoms with E-state index < -0.39 is 0 Å². The van der Waals surface area contributed by atoms with Crippen molar-refractivity contribution in [2.24, 2.45) is 5.92 Å². The lowest BCUT2D eigenvalue weighted by atomic mass is 9.93. The van der Waals surface area contributed by atoms with Crippen molar-refractivity contribution in [1.82, 2.24) is 5.32 Å². The molecule has 88 valence electrons. The Labute approximate surface area is 98.7 Å². The van der Waals surface area contributed by atoms with Gasteiger partial charge in [0.05, 0.1) is 0 Å².